The zero-order chi connectivity index (χ0) is 61.9. The summed E-state index contributed by atoms with van der Waals surface area (Å²) in [6.07, 6.45) is -33.0. The van der Waals surface area contributed by atoms with Crippen LogP contribution in [-0.4, -0.2) is 256 Å². The fourth-order valence-electron chi connectivity index (χ4n) is 17.1. The van der Waals surface area contributed by atoms with Gasteiger partial charge in [0.1, 0.15) is 91.6 Å². The standard InChI is InChI=1S/C58H92O26/c1-10-23(2)48(75)79-32-18-53(3,4)17-25-24-11-12-30-55(7)15-14-31(54(5,6)29(55)13-16-56(30,8)57(24,9)45(71)46(72)58(25,32)22-61)80-52-44(38(68)37(67)42(82-52)47(73)74)84-50-40(70)41(35(65)28(20-60)78-50)81-51-43(33(63)26(62)21-76-51)83-49-39(69)36(66)34(64)27(19-59)77-49/h10-11,25-46,49-52,59-72H,12-22H2,1-9H3,(H,73,74)/b23-10-/t25?,26-,27+,28+,29?,30?,31?,32?,33-,34+,35-,36-,37-,38-,39+,40+,41-,42-,43+,44+,45?,46?,49-,50-,51-,52+,55?,56?,57?,58?/m0/s1. The van der Waals surface area contributed by atoms with Crippen molar-refractivity contribution in [1.29, 1.82) is 0 Å². The molecule has 480 valence electrons. The number of esters is 1. The van der Waals surface area contributed by atoms with Crippen molar-refractivity contribution in [2.24, 2.45) is 50.2 Å². The van der Waals surface area contributed by atoms with Crippen LogP contribution < -0.4 is 0 Å². The second-order valence-corrected chi connectivity index (χ2v) is 27.5. The van der Waals surface area contributed by atoms with Crippen molar-refractivity contribution in [3.05, 3.63) is 23.3 Å². The highest BCUT2D eigenvalue weighted by Gasteiger charge is 2.75. The number of aliphatic carboxylic acids is 1. The van der Waals surface area contributed by atoms with Crippen LogP contribution in [0.1, 0.15) is 107 Å². The van der Waals surface area contributed by atoms with E-state index >= 15 is 0 Å². The van der Waals surface area contributed by atoms with Gasteiger partial charge in [-0.25, -0.2) is 9.59 Å². The summed E-state index contributed by atoms with van der Waals surface area (Å²) >= 11 is 0. The number of carbonyl (C=O) groups excluding carboxylic acids is 1. The van der Waals surface area contributed by atoms with Gasteiger partial charge in [-0.1, -0.05) is 66.2 Å². The zero-order valence-electron chi connectivity index (χ0n) is 49.1. The number of carboxylic acids is 1. The lowest BCUT2D eigenvalue weighted by atomic mass is 9.32. The van der Waals surface area contributed by atoms with Crippen LogP contribution >= 0.6 is 0 Å². The van der Waals surface area contributed by atoms with Gasteiger partial charge < -0.3 is 119 Å². The third kappa shape index (κ3) is 10.6. The third-order valence-corrected chi connectivity index (χ3v) is 22.2. The van der Waals surface area contributed by atoms with Crippen LogP contribution in [0.2, 0.25) is 0 Å². The van der Waals surface area contributed by atoms with Gasteiger partial charge >= 0.3 is 11.9 Å². The summed E-state index contributed by atoms with van der Waals surface area (Å²) in [6.45, 7) is 15.1. The molecule has 84 heavy (non-hydrogen) atoms. The second-order valence-electron chi connectivity index (χ2n) is 27.5. The molecule has 0 bridgehead atoms. The summed E-state index contributed by atoms with van der Waals surface area (Å²) < 4.78 is 53.8. The van der Waals surface area contributed by atoms with E-state index in [2.05, 4.69) is 33.8 Å². The molecule has 0 radical (unpaired) electrons. The Morgan fingerprint density at radius 3 is 1.85 bits per heavy atom. The van der Waals surface area contributed by atoms with E-state index < -0.39 is 212 Å². The lowest BCUT2D eigenvalue weighted by Gasteiger charge is -2.73. The van der Waals surface area contributed by atoms with Crippen molar-refractivity contribution in [2.75, 3.05) is 26.4 Å². The molecule has 0 aromatic rings. The molecular formula is C58H92O26. The quantitative estimate of drug-likeness (QED) is 0.0373. The van der Waals surface area contributed by atoms with E-state index in [1.165, 1.54) is 0 Å². The van der Waals surface area contributed by atoms with Gasteiger partial charge in [-0.15, -0.1) is 0 Å². The molecule has 4 heterocycles. The third-order valence-electron chi connectivity index (χ3n) is 22.2. The van der Waals surface area contributed by atoms with Gasteiger partial charge in [-0.3, -0.25) is 0 Å². The Labute approximate surface area is 487 Å². The van der Waals surface area contributed by atoms with Crippen LogP contribution in [-0.2, 0) is 52.2 Å². The molecule has 0 spiro atoms. The Morgan fingerprint density at radius 1 is 0.631 bits per heavy atom. The molecule has 8 fully saturated rings. The average molecular weight is 1210 g/mol. The average Bonchev–Trinajstić information content (AvgIpc) is 0.677. The molecule has 15 N–H and O–H groups in total. The first-order chi connectivity index (χ1) is 39.2. The largest absolute Gasteiger partial charge is 0.479 e. The number of carboxylic acid groups (broad SMARTS) is 1. The molecule has 0 aromatic carbocycles. The van der Waals surface area contributed by atoms with E-state index in [0.717, 1.165) is 5.57 Å². The van der Waals surface area contributed by atoms with E-state index in [1.807, 2.05) is 20.8 Å². The first-order valence-electron chi connectivity index (χ1n) is 29.5. The summed E-state index contributed by atoms with van der Waals surface area (Å²) in [5.74, 6) is -2.86. The maximum atomic E-state index is 13.4. The summed E-state index contributed by atoms with van der Waals surface area (Å²) in [4.78, 5) is 26.1. The normalized spacial score (nSPS) is 51.9. The molecule has 5 aliphatic carbocycles. The lowest BCUT2D eigenvalue weighted by Crippen LogP contribution is -2.74. The van der Waals surface area contributed by atoms with Gasteiger partial charge in [0.2, 0.25) is 0 Å². The van der Waals surface area contributed by atoms with Crippen molar-refractivity contribution in [3.63, 3.8) is 0 Å². The molecule has 9 aliphatic rings. The Hall–Kier alpha value is -2.46. The molecule has 11 unspecified atom stereocenters. The van der Waals surface area contributed by atoms with Crippen LogP contribution in [0.25, 0.3) is 0 Å². The highest BCUT2D eigenvalue weighted by molar-refractivity contribution is 5.87. The van der Waals surface area contributed by atoms with Crippen LogP contribution in [0, 0.1) is 50.2 Å². The van der Waals surface area contributed by atoms with Gasteiger partial charge in [0.15, 0.2) is 31.3 Å². The maximum Gasteiger partial charge on any atom is 0.335 e. The minimum atomic E-state index is -2.15. The van der Waals surface area contributed by atoms with Gasteiger partial charge in [0.25, 0.3) is 0 Å². The molecule has 4 saturated carbocycles. The van der Waals surface area contributed by atoms with Crippen molar-refractivity contribution < 1.29 is 129 Å². The molecule has 0 aromatic heterocycles. The molecule has 30 atom stereocenters. The SMILES string of the molecule is C/C=C(/C)C(=O)OC1CC(C)(C)CC2C3=CCC4C5(C)CCC(O[C@@H]6O[C@H](C(=O)O)[C@@H](O)[C@H](O)[C@H]6O[C@@H]6O[C@H](CO)[C@H](O)[C@H](O[C@@H]7OC[C@H](O)[C@H](O)[C@H]7O[C@@H]7O[C@H](CO)[C@@H](O)[C@H](O)[C@H]7O)[C@H]6O)C(C)(C)C5CCC4(C)C3(C)C(O)C(O)C12CO. The molecule has 4 aliphatic heterocycles. The van der Waals surface area contributed by atoms with E-state index in [-0.39, 0.29) is 17.3 Å². The van der Waals surface area contributed by atoms with Crippen molar-refractivity contribution in [3.8, 4) is 0 Å². The number of carbonyl (C=O) groups is 2. The fraction of sp³-hybridized carbons (Fsp3) is 0.897. The van der Waals surface area contributed by atoms with E-state index in [0.29, 0.717) is 50.5 Å². The molecule has 26 nitrogen and oxygen atoms in total. The molecule has 9 rings (SSSR count). The van der Waals surface area contributed by atoms with Gasteiger partial charge in [0.05, 0.1) is 50.2 Å². The maximum absolute atomic E-state index is 13.4. The second kappa shape index (κ2) is 24.1. The van der Waals surface area contributed by atoms with Crippen molar-refractivity contribution in [1.82, 2.24) is 0 Å². The highest BCUT2D eigenvalue weighted by atomic mass is 16.8. The van der Waals surface area contributed by atoms with Crippen molar-refractivity contribution >= 4 is 11.9 Å². The van der Waals surface area contributed by atoms with Crippen LogP contribution in [0.15, 0.2) is 23.3 Å². The predicted molar refractivity (Wildman–Crippen MR) is 285 cm³/mol. The number of hydrogen-bond donors (Lipinski definition) is 15. The summed E-state index contributed by atoms with van der Waals surface area (Å²) in [5.41, 5.74) is -3.32. The highest BCUT2D eigenvalue weighted by Crippen LogP contribution is 2.76. The molecular weight excluding hydrogens is 1110 g/mol. The number of fused-ring (bicyclic) bond motifs is 7. The number of aliphatic hydroxyl groups is 14. The Kier molecular flexibility index (Phi) is 18.9. The number of ether oxygens (including phenoxy) is 9. The van der Waals surface area contributed by atoms with Crippen LogP contribution in [0.5, 0.6) is 0 Å². The number of allylic oxidation sites excluding steroid dienone is 2. The van der Waals surface area contributed by atoms with E-state index in [9.17, 15) is 86.2 Å². The Balaban J connectivity index is 0.967. The fourth-order valence-corrected chi connectivity index (χ4v) is 17.1. The summed E-state index contributed by atoms with van der Waals surface area (Å²) in [6, 6.07) is 0. The molecule has 26 heteroatoms. The number of hydrogen-bond acceptors (Lipinski definition) is 25. The predicted octanol–water partition coefficient (Wildman–Crippen LogP) is -2.40. The Bertz CT molecular complexity index is 2420. The van der Waals surface area contributed by atoms with Crippen molar-refractivity contribution in [2.45, 2.75) is 248 Å². The van der Waals surface area contributed by atoms with Gasteiger partial charge in [-0.2, -0.15) is 0 Å². The molecule has 4 saturated heterocycles. The number of aliphatic hydroxyl groups excluding tert-OH is 14. The first kappa shape index (κ1) is 66.0. The van der Waals surface area contributed by atoms with Crippen LogP contribution in [0.4, 0.5) is 0 Å². The minimum absolute atomic E-state index is 0.0871. The van der Waals surface area contributed by atoms with E-state index in [1.54, 1.807) is 19.9 Å². The lowest BCUT2D eigenvalue weighted by molar-refractivity contribution is -0.394. The summed E-state index contributed by atoms with van der Waals surface area (Å²) in [7, 11) is 0. The topological polar surface area (TPSA) is 421 Å². The monoisotopic (exact) mass is 1200 g/mol. The molecule has 0 amide bonds. The zero-order valence-corrected chi connectivity index (χ0v) is 49.1. The smallest absolute Gasteiger partial charge is 0.335 e. The minimum Gasteiger partial charge on any atom is -0.479 e. The van der Waals surface area contributed by atoms with Crippen LogP contribution in [0.3, 0.4) is 0 Å². The Morgan fingerprint density at radius 2 is 1.24 bits per heavy atom. The summed E-state index contributed by atoms with van der Waals surface area (Å²) in [5, 5.41) is 167. The van der Waals surface area contributed by atoms with Gasteiger partial charge in [0, 0.05) is 11.0 Å². The first-order valence-corrected chi connectivity index (χ1v) is 29.5. The van der Waals surface area contributed by atoms with Gasteiger partial charge in [-0.05, 0) is 98.2 Å². The number of rotatable bonds is 14. The van der Waals surface area contributed by atoms with E-state index in [4.69, 9.17) is 42.6 Å².